The Hall–Kier alpha value is -3.57. The van der Waals surface area contributed by atoms with Crippen molar-refractivity contribution in [3.05, 3.63) is 47.5 Å². The summed E-state index contributed by atoms with van der Waals surface area (Å²) in [4.78, 5) is 22.6. The minimum atomic E-state index is -3.61. The Morgan fingerprint density at radius 2 is 1.88 bits per heavy atom. The lowest BCUT2D eigenvalue weighted by Crippen LogP contribution is -2.19. The number of hydrogen-bond acceptors (Lipinski definition) is 8. The number of pyridine rings is 1. The van der Waals surface area contributed by atoms with Crippen molar-refractivity contribution in [3.63, 3.8) is 0 Å². The lowest BCUT2D eigenvalue weighted by Gasteiger charge is -2.25. The molecule has 1 aliphatic heterocycles. The maximum atomic E-state index is 13.0. The zero-order valence-corrected chi connectivity index (χ0v) is 24.1. The van der Waals surface area contributed by atoms with E-state index in [1.807, 2.05) is 43.7 Å². The second kappa shape index (κ2) is 10.1. The highest BCUT2D eigenvalue weighted by Crippen LogP contribution is 2.36. The number of imidazole rings is 1. The van der Waals surface area contributed by atoms with Gasteiger partial charge in [-0.05, 0) is 70.2 Å². The van der Waals surface area contributed by atoms with Gasteiger partial charge in [0.05, 0.1) is 27.7 Å². The molecule has 10 nitrogen and oxygen atoms in total. The largest absolute Gasteiger partial charge is 0.358 e. The van der Waals surface area contributed by atoms with E-state index in [0.717, 1.165) is 43.6 Å². The van der Waals surface area contributed by atoms with Crippen LogP contribution in [0.2, 0.25) is 0 Å². The van der Waals surface area contributed by atoms with Gasteiger partial charge in [0.25, 0.3) is 0 Å². The van der Waals surface area contributed by atoms with Crippen LogP contribution in [0.4, 0.5) is 11.4 Å². The number of sulfone groups is 1. The van der Waals surface area contributed by atoms with Gasteiger partial charge in [-0.15, -0.1) is 0 Å². The van der Waals surface area contributed by atoms with Gasteiger partial charge in [-0.25, -0.2) is 18.4 Å². The Morgan fingerprint density at radius 1 is 1.07 bits per heavy atom. The molecule has 1 saturated carbocycles. The van der Waals surface area contributed by atoms with Crippen LogP contribution in [-0.4, -0.2) is 51.4 Å². The van der Waals surface area contributed by atoms with Crippen LogP contribution in [0.15, 0.2) is 35.2 Å². The molecule has 1 N–H and O–H groups in total. The molecule has 4 heterocycles. The molecule has 1 aliphatic carbocycles. The Morgan fingerprint density at radius 3 is 2.52 bits per heavy atom. The summed E-state index contributed by atoms with van der Waals surface area (Å²) >= 11 is 0. The van der Waals surface area contributed by atoms with Crippen LogP contribution in [0.3, 0.4) is 0 Å². The van der Waals surface area contributed by atoms with Gasteiger partial charge in [0, 0.05) is 43.5 Å². The molecule has 0 bridgehead atoms. The monoisotopic (exact) mass is 562 g/mol. The molecule has 4 aromatic rings. The average Bonchev–Trinajstić information content (AvgIpc) is 3.64. The van der Waals surface area contributed by atoms with E-state index in [2.05, 4.69) is 10.4 Å². The van der Waals surface area contributed by atoms with Crippen LogP contribution >= 0.6 is 0 Å². The highest BCUT2D eigenvalue weighted by molar-refractivity contribution is 7.90. The Labute approximate surface area is 233 Å². The zero-order chi connectivity index (χ0) is 28.2. The topological polar surface area (TPSA) is 121 Å². The van der Waals surface area contributed by atoms with E-state index >= 15 is 0 Å². The van der Waals surface area contributed by atoms with Crippen molar-refractivity contribution in [2.24, 2.45) is 13.0 Å². The fourth-order valence-electron chi connectivity index (χ4n) is 5.35. The third-order valence-corrected chi connectivity index (χ3v) is 8.91. The molecule has 1 unspecified atom stereocenters. The summed E-state index contributed by atoms with van der Waals surface area (Å²) in [7, 11) is -1.75. The third kappa shape index (κ3) is 5.15. The molecule has 0 radical (unpaired) electrons. The van der Waals surface area contributed by atoms with Crippen molar-refractivity contribution >= 4 is 38.2 Å². The summed E-state index contributed by atoms with van der Waals surface area (Å²) in [5.74, 6) is 1.05. The Kier molecular flexibility index (Phi) is 6.74. The number of ketones is 1. The SMILES string of the molecule is Cc1cc(-c2ccc(Nc3cc(CC(=O)C4CC4)nc4c3nc(C)n4C3CCCCO3)c(S(C)(=O)=O)c2)nn1C. The number of hydrogen-bond donors (Lipinski definition) is 1. The van der Waals surface area contributed by atoms with Crippen molar-refractivity contribution in [3.8, 4) is 11.3 Å². The highest BCUT2D eigenvalue weighted by Gasteiger charge is 2.30. The number of carbonyl (C=O) groups is 1. The summed E-state index contributed by atoms with van der Waals surface area (Å²) < 4.78 is 35.8. The lowest BCUT2D eigenvalue weighted by atomic mass is 10.1. The summed E-state index contributed by atoms with van der Waals surface area (Å²) in [6.07, 6.45) is 6.03. The number of nitrogens with one attached hydrogen (secondary N) is 1. The van der Waals surface area contributed by atoms with Crippen LogP contribution in [0.5, 0.6) is 0 Å². The number of Topliss-reactive ketones (excluding diaryl/α,β-unsaturated/α-hetero) is 1. The molecule has 11 heteroatoms. The fourth-order valence-corrected chi connectivity index (χ4v) is 6.21. The molecule has 1 aromatic carbocycles. The molecule has 3 aromatic heterocycles. The first kappa shape index (κ1) is 26.6. The first-order valence-corrected chi connectivity index (χ1v) is 15.6. The summed E-state index contributed by atoms with van der Waals surface area (Å²) in [6, 6.07) is 9.00. The van der Waals surface area contributed by atoms with E-state index in [-0.39, 0.29) is 29.2 Å². The maximum absolute atomic E-state index is 13.0. The van der Waals surface area contributed by atoms with Gasteiger partial charge in [0.15, 0.2) is 15.5 Å². The van der Waals surface area contributed by atoms with Crippen LogP contribution in [0.25, 0.3) is 22.4 Å². The normalized spacial score (nSPS) is 17.9. The first-order valence-electron chi connectivity index (χ1n) is 13.7. The maximum Gasteiger partial charge on any atom is 0.177 e. The van der Waals surface area contributed by atoms with Gasteiger partial charge in [-0.3, -0.25) is 14.0 Å². The van der Waals surface area contributed by atoms with Gasteiger partial charge < -0.3 is 10.1 Å². The van der Waals surface area contributed by atoms with E-state index < -0.39 is 9.84 Å². The van der Waals surface area contributed by atoms with Crippen molar-refractivity contribution in [2.45, 2.75) is 63.5 Å². The van der Waals surface area contributed by atoms with E-state index in [1.54, 1.807) is 16.8 Å². The zero-order valence-electron chi connectivity index (χ0n) is 23.3. The molecule has 2 fully saturated rings. The third-order valence-electron chi connectivity index (χ3n) is 7.77. The molecule has 40 heavy (non-hydrogen) atoms. The van der Waals surface area contributed by atoms with Crippen molar-refractivity contribution in [1.82, 2.24) is 24.3 Å². The first-order chi connectivity index (χ1) is 19.1. The fraction of sp³-hybridized carbons (Fsp3) is 0.448. The molecule has 2 aliphatic rings. The number of anilines is 2. The predicted octanol–water partition coefficient (Wildman–Crippen LogP) is 4.82. The minimum absolute atomic E-state index is 0.113. The van der Waals surface area contributed by atoms with Gasteiger partial charge in [0.2, 0.25) is 0 Å². The molecule has 0 amide bonds. The number of aromatic nitrogens is 5. The van der Waals surface area contributed by atoms with E-state index in [9.17, 15) is 13.2 Å². The summed E-state index contributed by atoms with van der Waals surface area (Å²) in [5, 5.41) is 7.86. The molecule has 6 rings (SSSR count). The number of ether oxygens (including phenoxy) is 1. The standard InChI is InChI=1S/C29H34N6O4S/c1-17-13-23(33-34(17)3)20-10-11-22(26(14-20)40(4,37)38)32-24-15-21(16-25(36)19-8-9-19)31-29-28(24)30-18(2)35(29)27-7-5-6-12-39-27/h10-11,13-15,19,27H,5-9,12,16H2,1-4H3,(H,31,32). The highest BCUT2D eigenvalue weighted by atomic mass is 32.2. The van der Waals surface area contributed by atoms with Gasteiger partial charge in [-0.1, -0.05) is 6.07 Å². The molecule has 0 spiro atoms. The predicted molar refractivity (Wildman–Crippen MR) is 152 cm³/mol. The summed E-state index contributed by atoms with van der Waals surface area (Å²) in [5.41, 5.74) is 5.28. The van der Waals surface area contributed by atoms with Crippen LogP contribution in [-0.2, 0) is 32.8 Å². The number of rotatable bonds is 8. The molecular formula is C29H34N6O4S. The Bertz CT molecular complexity index is 1710. The molecule has 1 atom stereocenters. The van der Waals surface area contributed by atoms with Gasteiger partial charge >= 0.3 is 0 Å². The number of aryl methyl sites for hydroxylation is 3. The van der Waals surface area contributed by atoms with Crippen LogP contribution in [0, 0.1) is 19.8 Å². The van der Waals surface area contributed by atoms with Gasteiger partial charge in [-0.2, -0.15) is 5.10 Å². The van der Waals surface area contributed by atoms with E-state index in [0.29, 0.717) is 46.1 Å². The van der Waals surface area contributed by atoms with E-state index in [1.165, 1.54) is 6.26 Å². The van der Waals surface area contributed by atoms with Crippen LogP contribution < -0.4 is 5.32 Å². The number of fused-ring (bicyclic) bond motifs is 1. The smallest absolute Gasteiger partial charge is 0.177 e. The molecule has 1 saturated heterocycles. The number of carbonyl (C=O) groups excluding carboxylic acids is 1. The summed E-state index contributed by atoms with van der Waals surface area (Å²) in [6.45, 7) is 4.54. The van der Waals surface area contributed by atoms with E-state index in [4.69, 9.17) is 14.7 Å². The van der Waals surface area contributed by atoms with Crippen molar-refractivity contribution in [2.75, 3.05) is 18.2 Å². The second-order valence-corrected chi connectivity index (χ2v) is 13.0. The Balaban J connectivity index is 1.46. The van der Waals surface area contributed by atoms with Crippen molar-refractivity contribution in [1.29, 1.82) is 0 Å². The minimum Gasteiger partial charge on any atom is -0.358 e. The number of benzene rings is 1. The lowest BCUT2D eigenvalue weighted by molar-refractivity contribution is -0.119. The molecular weight excluding hydrogens is 528 g/mol. The van der Waals surface area contributed by atoms with Crippen LogP contribution in [0.1, 0.15) is 55.5 Å². The second-order valence-electron chi connectivity index (χ2n) is 11.0. The quantitative estimate of drug-likeness (QED) is 0.325. The van der Waals surface area contributed by atoms with Crippen molar-refractivity contribution < 1.29 is 17.9 Å². The number of nitrogens with zero attached hydrogens (tertiary/aromatic N) is 5. The molecule has 210 valence electrons. The average molecular weight is 563 g/mol. The van der Waals surface area contributed by atoms with Gasteiger partial charge in [0.1, 0.15) is 23.4 Å².